The summed E-state index contributed by atoms with van der Waals surface area (Å²) in [5.41, 5.74) is 6.15. The minimum Gasteiger partial charge on any atom is -0.327 e. The Hall–Kier alpha value is -1.62. The van der Waals surface area contributed by atoms with Gasteiger partial charge in [-0.25, -0.2) is 0 Å². The summed E-state index contributed by atoms with van der Waals surface area (Å²) >= 11 is 0. The molecule has 3 N–H and O–H groups in total. The number of carbonyl (C=O) groups is 1. The fourth-order valence-corrected chi connectivity index (χ4v) is 2.77. The van der Waals surface area contributed by atoms with Crippen LogP contribution in [-0.2, 0) is 11.3 Å². The van der Waals surface area contributed by atoms with E-state index in [0.29, 0.717) is 12.2 Å². The molecule has 0 radical (unpaired) electrons. The van der Waals surface area contributed by atoms with Crippen LogP contribution in [0.25, 0.3) is 0 Å². The molecule has 2 atom stereocenters. The Balaban J connectivity index is 2.16. The third kappa shape index (κ3) is 2.77. The van der Waals surface area contributed by atoms with E-state index < -0.39 is 5.41 Å². The zero-order valence-electron chi connectivity index (χ0n) is 12.2. The van der Waals surface area contributed by atoms with Gasteiger partial charge < -0.3 is 15.6 Å². The van der Waals surface area contributed by atoms with Gasteiger partial charge in [-0.2, -0.15) is 0 Å². The van der Waals surface area contributed by atoms with Crippen molar-refractivity contribution in [2.45, 2.75) is 52.1 Å². The Bertz CT molecular complexity index is 552. The van der Waals surface area contributed by atoms with Crippen molar-refractivity contribution in [3.63, 3.8) is 0 Å². The van der Waals surface area contributed by atoms with Crippen LogP contribution >= 0.6 is 0 Å². The van der Waals surface area contributed by atoms with Gasteiger partial charge in [0, 0.05) is 24.8 Å². The van der Waals surface area contributed by atoms with Crippen LogP contribution in [0.1, 0.15) is 39.5 Å². The minimum atomic E-state index is -0.508. The van der Waals surface area contributed by atoms with Crippen molar-refractivity contribution in [3.05, 3.63) is 28.7 Å². The lowest BCUT2D eigenvalue weighted by Crippen LogP contribution is -2.44. The molecule has 5 nitrogen and oxygen atoms in total. The number of nitrogens with zero attached hydrogens (tertiary/aromatic N) is 1. The van der Waals surface area contributed by atoms with Crippen LogP contribution in [0.2, 0.25) is 0 Å². The van der Waals surface area contributed by atoms with Crippen molar-refractivity contribution in [1.82, 2.24) is 4.57 Å². The summed E-state index contributed by atoms with van der Waals surface area (Å²) in [7, 11) is 0. The SMILES string of the molecule is CCCn1cc(NC(=O)C2(C)CCCC2N)ccc1=O. The van der Waals surface area contributed by atoms with Gasteiger partial charge in [0.15, 0.2) is 0 Å². The van der Waals surface area contributed by atoms with E-state index >= 15 is 0 Å². The van der Waals surface area contributed by atoms with Gasteiger partial charge in [-0.15, -0.1) is 0 Å². The molecule has 1 aromatic rings. The van der Waals surface area contributed by atoms with Crippen LogP contribution in [0.4, 0.5) is 5.69 Å². The van der Waals surface area contributed by atoms with Crippen molar-refractivity contribution in [3.8, 4) is 0 Å². The van der Waals surface area contributed by atoms with Crippen LogP contribution in [0.15, 0.2) is 23.1 Å². The molecule has 0 saturated heterocycles. The topological polar surface area (TPSA) is 77.1 Å². The lowest BCUT2D eigenvalue weighted by Gasteiger charge is -2.27. The predicted molar refractivity (Wildman–Crippen MR) is 79.6 cm³/mol. The van der Waals surface area contributed by atoms with E-state index in [1.807, 2.05) is 13.8 Å². The highest BCUT2D eigenvalue weighted by Gasteiger charge is 2.42. The molecule has 1 aromatic heterocycles. The molecule has 1 heterocycles. The molecule has 1 amide bonds. The van der Waals surface area contributed by atoms with Crippen LogP contribution in [0.5, 0.6) is 0 Å². The van der Waals surface area contributed by atoms with E-state index in [2.05, 4.69) is 5.32 Å². The Labute approximate surface area is 119 Å². The molecule has 1 aliphatic carbocycles. The van der Waals surface area contributed by atoms with E-state index in [0.717, 1.165) is 25.7 Å². The second-order valence-electron chi connectivity index (χ2n) is 5.82. The Morgan fingerprint density at radius 1 is 1.55 bits per heavy atom. The van der Waals surface area contributed by atoms with E-state index in [-0.39, 0.29) is 17.5 Å². The second kappa shape index (κ2) is 5.79. The molecule has 0 spiro atoms. The van der Waals surface area contributed by atoms with E-state index in [1.165, 1.54) is 6.07 Å². The van der Waals surface area contributed by atoms with E-state index in [4.69, 9.17) is 5.73 Å². The standard InChI is InChI=1S/C15H23N3O2/c1-3-9-18-10-11(6-7-13(18)19)17-14(20)15(2)8-4-5-12(15)16/h6-7,10,12H,3-5,8-9,16H2,1-2H3,(H,17,20). The molecule has 0 aromatic carbocycles. The second-order valence-corrected chi connectivity index (χ2v) is 5.82. The molecule has 2 unspecified atom stereocenters. The monoisotopic (exact) mass is 277 g/mol. The van der Waals surface area contributed by atoms with E-state index in [1.54, 1.807) is 16.8 Å². The first kappa shape index (κ1) is 14.8. The van der Waals surface area contributed by atoms with Crippen LogP contribution < -0.4 is 16.6 Å². The van der Waals surface area contributed by atoms with Crippen molar-refractivity contribution >= 4 is 11.6 Å². The molecule has 0 bridgehead atoms. The van der Waals surface area contributed by atoms with Crippen molar-refractivity contribution in [1.29, 1.82) is 0 Å². The van der Waals surface area contributed by atoms with Crippen molar-refractivity contribution in [2.24, 2.45) is 11.1 Å². The van der Waals surface area contributed by atoms with Crippen LogP contribution in [0, 0.1) is 5.41 Å². The summed E-state index contributed by atoms with van der Waals surface area (Å²) in [5, 5.41) is 2.90. The maximum Gasteiger partial charge on any atom is 0.250 e. The number of aryl methyl sites for hydroxylation is 1. The average molecular weight is 277 g/mol. The lowest BCUT2D eigenvalue weighted by atomic mass is 9.84. The first-order valence-corrected chi connectivity index (χ1v) is 7.25. The zero-order valence-corrected chi connectivity index (χ0v) is 12.2. The summed E-state index contributed by atoms with van der Waals surface area (Å²) in [6.07, 6.45) is 5.27. The van der Waals surface area contributed by atoms with Gasteiger partial charge in [-0.3, -0.25) is 9.59 Å². The quantitative estimate of drug-likeness (QED) is 0.879. The van der Waals surface area contributed by atoms with Gasteiger partial charge in [0.2, 0.25) is 5.91 Å². The first-order valence-electron chi connectivity index (χ1n) is 7.25. The van der Waals surface area contributed by atoms with Gasteiger partial charge in [-0.05, 0) is 32.3 Å². The Kier molecular flexibility index (Phi) is 4.28. The number of hydrogen-bond donors (Lipinski definition) is 2. The van der Waals surface area contributed by atoms with Gasteiger partial charge >= 0.3 is 0 Å². The molecular formula is C15H23N3O2. The smallest absolute Gasteiger partial charge is 0.250 e. The molecule has 5 heteroatoms. The molecule has 20 heavy (non-hydrogen) atoms. The van der Waals surface area contributed by atoms with Crippen molar-refractivity contribution < 1.29 is 4.79 Å². The van der Waals surface area contributed by atoms with Crippen molar-refractivity contribution in [2.75, 3.05) is 5.32 Å². The molecule has 0 aliphatic heterocycles. The number of carbonyl (C=O) groups excluding carboxylic acids is 1. The number of rotatable bonds is 4. The third-order valence-electron chi connectivity index (χ3n) is 4.25. The number of pyridine rings is 1. The number of anilines is 1. The van der Waals surface area contributed by atoms with Gasteiger partial charge in [0.05, 0.1) is 11.1 Å². The fourth-order valence-electron chi connectivity index (χ4n) is 2.77. The van der Waals surface area contributed by atoms with Gasteiger partial charge in [-0.1, -0.05) is 13.3 Å². The van der Waals surface area contributed by atoms with Gasteiger partial charge in [0.1, 0.15) is 0 Å². The number of hydrogen-bond acceptors (Lipinski definition) is 3. The first-order chi connectivity index (χ1) is 9.47. The minimum absolute atomic E-state index is 0.0476. The number of amides is 1. The molecule has 1 aliphatic rings. The normalized spacial score (nSPS) is 25.6. The summed E-state index contributed by atoms with van der Waals surface area (Å²) in [6.45, 7) is 4.58. The predicted octanol–water partition coefficient (Wildman–Crippen LogP) is 1.71. The summed E-state index contributed by atoms with van der Waals surface area (Å²) in [5.74, 6) is -0.0517. The maximum absolute atomic E-state index is 12.4. The molecular weight excluding hydrogens is 254 g/mol. The molecule has 1 fully saturated rings. The van der Waals surface area contributed by atoms with Crippen LogP contribution in [-0.4, -0.2) is 16.5 Å². The lowest BCUT2D eigenvalue weighted by molar-refractivity contribution is -0.125. The van der Waals surface area contributed by atoms with Gasteiger partial charge in [0.25, 0.3) is 5.56 Å². The molecule has 2 rings (SSSR count). The fraction of sp³-hybridized carbons (Fsp3) is 0.600. The Morgan fingerprint density at radius 2 is 2.30 bits per heavy atom. The third-order valence-corrected chi connectivity index (χ3v) is 4.25. The highest BCUT2D eigenvalue weighted by Crippen LogP contribution is 2.37. The number of aromatic nitrogens is 1. The molecule has 110 valence electrons. The highest BCUT2D eigenvalue weighted by molar-refractivity contribution is 5.95. The summed E-state index contributed by atoms with van der Waals surface area (Å²) in [6, 6.07) is 3.04. The molecule has 1 saturated carbocycles. The zero-order chi connectivity index (χ0) is 14.8. The maximum atomic E-state index is 12.4. The Morgan fingerprint density at radius 3 is 2.90 bits per heavy atom. The summed E-state index contributed by atoms with van der Waals surface area (Å²) < 4.78 is 1.62. The number of nitrogens with two attached hydrogens (primary N) is 1. The average Bonchev–Trinajstić information content (AvgIpc) is 2.75. The summed E-state index contributed by atoms with van der Waals surface area (Å²) in [4.78, 5) is 24.1. The van der Waals surface area contributed by atoms with Crippen LogP contribution in [0.3, 0.4) is 0 Å². The largest absolute Gasteiger partial charge is 0.327 e. The number of nitrogens with one attached hydrogen (secondary N) is 1. The van der Waals surface area contributed by atoms with E-state index in [9.17, 15) is 9.59 Å². The highest BCUT2D eigenvalue weighted by atomic mass is 16.2.